The number of nitrogens with one attached hydrogen (secondary N) is 1. The maximum Gasteiger partial charge on any atom is 0.243 e. The van der Waals surface area contributed by atoms with Gasteiger partial charge in [0.05, 0.1) is 4.90 Å². The van der Waals surface area contributed by atoms with Crippen LogP contribution in [-0.2, 0) is 21.2 Å². The van der Waals surface area contributed by atoms with Gasteiger partial charge in [0.25, 0.3) is 0 Å². The first-order chi connectivity index (χ1) is 15.9. The molecular weight excluding hydrogens is 442 g/mol. The van der Waals surface area contributed by atoms with E-state index in [9.17, 15) is 13.2 Å². The van der Waals surface area contributed by atoms with Gasteiger partial charge in [-0.25, -0.2) is 8.42 Å². The Morgan fingerprint density at radius 1 is 0.818 bits per heavy atom. The number of hydrogen-bond acceptors (Lipinski definition) is 8. The summed E-state index contributed by atoms with van der Waals surface area (Å²) in [7, 11) is -1.47. The van der Waals surface area contributed by atoms with Crippen LogP contribution in [0.5, 0.6) is 0 Å². The topological polar surface area (TPSA) is 102 Å². The molecule has 1 aromatic carbocycles. The number of carbonyl (C=O) groups is 1. The number of rotatable bonds is 4. The van der Waals surface area contributed by atoms with E-state index in [2.05, 4.69) is 37.3 Å². The quantitative estimate of drug-likeness (QED) is 0.693. The highest BCUT2D eigenvalue weighted by atomic mass is 32.2. The maximum absolute atomic E-state index is 13.2. The summed E-state index contributed by atoms with van der Waals surface area (Å²) in [6.45, 7) is 5.80. The van der Waals surface area contributed by atoms with Gasteiger partial charge in [0.2, 0.25) is 15.9 Å². The Morgan fingerprint density at radius 3 is 2.03 bits per heavy atom. The van der Waals surface area contributed by atoms with Crippen LogP contribution < -0.4 is 15.1 Å². The average molecular weight is 472 g/mol. The third kappa shape index (κ3) is 4.53. The van der Waals surface area contributed by atoms with Crippen LogP contribution in [0.15, 0.2) is 35.2 Å². The molecular formula is C22H29N7O3S. The van der Waals surface area contributed by atoms with Gasteiger partial charge < -0.3 is 20.0 Å². The van der Waals surface area contributed by atoms with Gasteiger partial charge in [-0.05, 0) is 49.4 Å². The molecule has 5 rings (SSSR count). The molecule has 2 fully saturated rings. The minimum atomic E-state index is -3.59. The van der Waals surface area contributed by atoms with E-state index in [1.807, 2.05) is 12.1 Å². The lowest BCUT2D eigenvalue weighted by Gasteiger charge is -2.35. The molecule has 3 aliphatic rings. The predicted molar refractivity (Wildman–Crippen MR) is 126 cm³/mol. The van der Waals surface area contributed by atoms with Crippen molar-refractivity contribution in [2.24, 2.45) is 0 Å². The molecule has 0 atom stereocenters. The standard InChI is InChI=1S/C22H29N7O3S/c1-26-8-10-27(11-9-26)20-5-6-21(25-24-20)28-12-14-29(15-13-28)33(31,32)18-3-4-19-17(16-18)2-7-22(30)23-19/h3-6,16H,2,7-15H2,1H3,(H,23,30). The zero-order valence-corrected chi connectivity index (χ0v) is 19.6. The Hall–Kier alpha value is -2.76. The highest BCUT2D eigenvalue weighted by Crippen LogP contribution is 2.28. The van der Waals surface area contributed by atoms with Crippen LogP contribution in [0.3, 0.4) is 0 Å². The predicted octanol–water partition coefficient (Wildman–Crippen LogP) is 0.624. The number of carbonyl (C=O) groups excluding carboxylic acids is 1. The molecule has 1 aromatic heterocycles. The summed E-state index contributed by atoms with van der Waals surface area (Å²) in [4.78, 5) is 18.5. The molecule has 0 saturated carbocycles. The van der Waals surface area contributed by atoms with Gasteiger partial charge in [0.1, 0.15) is 0 Å². The van der Waals surface area contributed by atoms with Gasteiger partial charge in [-0.15, -0.1) is 10.2 Å². The number of fused-ring (bicyclic) bond motifs is 1. The van der Waals surface area contributed by atoms with E-state index in [-0.39, 0.29) is 10.8 Å². The molecule has 1 N–H and O–H groups in total. The number of aromatic nitrogens is 2. The van der Waals surface area contributed by atoms with Gasteiger partial charge in [0.15, 0.2) is 11.6 Å². The summed E-state index contributed by atoms with van der Waals surface area (Å²) in [6.07, 6.45) is 0.935. The van der Waals surface area contributed by atoms with E-state index >= 15 is 0 Å². The zero-order valence-electron chi connectivity index (χ0n) is 18.8. The second kappa shape index (κ2) is 8.88. The molecule has 11 heteroatoms. The van der Waals surface area contributed by atoms with Crippen molar-refractivity contribution in [3.63, 3.8) is 0 Å². The van der Waals surface area contributed by atoms with Crippen molar-refractivity contribution in [2.45, 2.75) is 17.7 Å². The fourth-order valence-corrected chi connectivity index (χ4v) is 5.99. The van der Waals surface area contributed by atoms with E-state index in [0.29, 0.717) is 44.7 Å². The third-order valence-corrected chi connectivity index (χ3v) is 8.53. The summed E-state index contributed by atoms with van der Waals surface area (Å²) in [5.74, 6) is 1.63. The number of anilines is 3. The average Bonchev–Trinajstić information content (AvgIpc) is 2.84. The van der Waals surface area contributed by atoms with Crippen LogP contribution in [-0.4, -0.2) is 93.1 Å². The van der Waals surface area contributed by atoms with Crippen LogP contribution in [0.25, 0.3) is 0 Å². The Labute approximate surface area is 194 Å². The summed E-state index contributed by atoms with van der Waals surface area (Å²) in [5.41, 5.74) is 1.57. The summed E-state index contributed by atoms with van der Waals surface area (Å²) in [6, 6.07) is 8.94. The van der Waals surface area contributed by atoms with E-state index in [0.717, 1.165) is 43.4 Å². The fourth-order valence-electron chi connectivity index (χ4n) is 4.52. The van der Waals surface area contributed by atoms with Crippen LogP contribution in [0, 0.1) is 0 Å². The molecule has 33 heavy (non-hydrogen) atoms. The SMILES string of the molecule is CN1CCN(c2ccc(N3CCN(S(=O)(=O)c4ccc5c(c4)CCC(=O)N5)CC3)nn2)CC1. The Kier molecular flexibility index (Phi) is 5.94. The molecule has 0 radical (unpaired) electrons. The Bertz CT molecular complexity index is 1120. The molecule has 176 valence electrons. The normalized spacial score (nSPS) is 20.5. The molecule has 3 aliphatic heterocycles. The second-order valence-corrected chi connectivity index (χ2v) is 10.7. The lowest BCUT2D eigenvalue weighted by atomic mass is 10.0. The van der Waals surface area contributed by atoms with E-state index < -0.39 is 10.0 Å². The Morgan fingerprint density at radius 2 is 1.42 bits per heavy atom. The molecule has 0 spiro atoms. The summed E-state index contributed by atoms with van der Waals surface area (Å²) in [5, 5.41) is 11.6. The van der Waals surface area contributed by atoms with Crippen molar-refractivity contribution >= 4 is 33.3 Å². The maximum atomic E-state index is 13.2. The van der Waals surface area contributed by atoms with Crippen LogP contribution in [0.1, 0.15) is 12.0 Å². The Balaban J connectivity index is 1.22. The minimum absolute atomic E-state index is 0.0334. The van der Waals surface area contributed by atoms with Crippen LogP contribution >= 0.6 is 0 Å². The number of likely N-dealkylation sites (N-methyl/N-ethyl adjacent to an activating group) is 1. The summed E-state index contributed by atoms with van der Waals surface area (Å²) < 4.78 is 27.9. The van der Waals surface area contributed by atoms with Crippen LogP contribution in [0.4, 0.5) is 17.3 Å². The van der Waals surface area contributed by atoms with E-state index in [1.54, 1.807) is 18.2 Å². The van der Waals surface area contributed by atoms with E-state index in [4.69, 9.17) is 0 Å². The van der Waals surface area contributed by atoms with Crippen LogP contribution in [0.2, 0.25) is 0 Å². The molecule has 0 aliphatic carbocycles. The zero-order chi connectivity index (χ0) is 23.0. The minimum Gasteiger partial charge on any atom is -0.353 e. The number of piperazine rings is 2. The first-order valence-corrected chi connectivity index (χ1v) is 12.8. The lowest BCUT2D eigenvalue weighted by Crippen LogP contribution is -2.49. The lowest BCUT2D eigenvalue weighted by molar-refractivity contribution is -0.116. The molecule has 0 bridgehead atoms. The summed E-state index contributed by atoms with van der Waals surface area (Å²) >= 11 is 0. The molecule has 10 nitrogen and oxygen atoms in total. The highest BCUT2D eigenvalue weighted by Gasteiger charge is 2.30. The highest BCUT2D eigenvalue weighted by molar-refractivity contribution is 7.89. The third-order valence-electron chi connectivity index (χ3n) is 6.64. The van der Waals surface area contributed by atoms with Gasteiger partial charge in [0, 0.05) is 64.5 Å². The largest absolute Gasteiger partial charge is 0.353 e. The van der Waals surface area contributed by atoms with Crippen molar-refractivity contribution < 1.29 is 13.2 Å². The number of amides is 1. The van der Waals surface area contributed by atoms with Gasteiger partial charge in [-0.1, -0.05) is 0 Å². The van der Waals surface area contributed by atoms with Crippen molar-refractivity contribution in [3.8, 4) is 0 Å². The van der Waals surface area contributed by atoms with E-state index in [1.165, 1.54) is 4.31 Å². The number of benzene rings is 1. The molecule has 4 heterocycles. The van der Waals surface area contributed by atoms with Gasteiger partial charge in [-0.2, -0.15) is 4.31 Å². The number of nitrogens with zero attached hydrogens (tertiary/aromatic N) is 6. The van der Waals surface area contributed by atoms with Gasteiger partial charge >= 0.3 is 0 Å². The van der Waals surface area contributed by atoms with Crippen molar-refractivity contribution in [1.82, 2.24) is 19.4 Å². The molecule has 2 saturated heterocycles. The molecule has 2 aromatic rings. The molecule has 0 unspecified atom stereocenters. The van der Waals surface area contributed by atoms with Crippen molar-refractivity contribution in [2.75, 3.05) is 74.5 Å². The van der Waals surface area contributed by atoms with Gasteiger partial charge in [-0.3, -0.25) is 4.79 Å². The number of hydrogen-bond donors (Lipinski definition) is 1. The first kappa shape index (κ1) is 22.1. The number of sulfonamides is 1. The second-order valence-electron chi connectivity index (χ2n) is 8.80. The number of aryl methyl sites for hydroxylation is 1. The smallest absolute Gasteiger partial charge is 0.243 e. The monoisotopic (exact) mass is 471 g/mol. The first-order valence-electron chi connectivity index (χ1n) is 11.4. The van der Waals surface area contributed by atoms with Crippen molar-refractivity contribution in [3.05, 3.63) is 35.9 Å². The fraction of sp³-hybridized carbons (Fsp3) is 0.500. The molecule has 1 amide bonds. The van der Waals surface area contributed by atoms with Crippen molar-refractivity contribution in [1.29, 1.82) is 0 Å².